The number of hydrogen-bond donors (Lipinski definition) is 1. The van der Waals surface area contributed by atoms with Crippen LogP contribution in [0.5, 0.6) is 0 Å². The largest absolute Gasteiger partial charge is 0.467 e. The SMILES string of the molecule is CCOC(=O)c1ccoc1CN1CC(O)(CC)C1. The minimum Gasteiger partial charge on any atom is -0.467 e. The van der Waals surface area contributed by atoms with Crippen molar-refractivity contribution in [3.05, 3.63) is 23.7 Å². The van der Waals surface area contributed by atoms with E-state index in [2.05, 4.69) is 0 Å². The fourth-order valence-electron chi connectivity index (χ4n) is 2.18. The number of carbonyl (C=O) groups excluding carboxylic acids is 1. The van der Waals surface area contributed by atoms with Crippen LogP contribution in [0.25, 0.3) is 0 Å². The van der Waals surface area contributed by atoms with Crippen LogP contribution in [0.1, 0.15) is 36.4 Å². The van der Waals surface area contributed by atoms with Gasteiger partial charge in [0, 0.05) is 13.1 Å². The molecule has 1 N–H and O–H groups in total. The summed E-state index contributed by atoms with van der Waals surface area (Å²) in [4.78, 5) is 13.7. The number of esters is 1. The van der Waals surface area contributed by atoms with Gasteiger partial charge in [0.05, 0.1) is 25.0 Å². The standard InChI is InChI=1S/C13H19NO4/c1-3-13(16)8-14(9-13)7-11-10(5-6-18-11)12(15)17-4-2/h5-6,16H,3-4,7-9H2,1-2H3. The number of aliphatic hydroxyl groups is 1. The highest BCUT2D eigenvalue weighted by Crippen LogP contribution is 2.26. The molecule has 0 aromatic carbocycles. The average Bonchev–Trinajstić information content (AvgIpc) is 2.75. The highest BCUT2D eigenvalue weighted by molar-refractivity contribution is 5.90. The Kier molecular flexibility index (Phi) is 3.73. The number of carbonyl (C=O) groups is 1. The summed E-state index contributed by atoms with van der Waals surface area (Å²) in [5.74, 6) is 0.249. The van der Waals surface area contributed by atoms with E-state index < -0.39 is 5.60 Å². The van der Waals surface area contributed by atoms with Crippen LogP contribution in [0.2, 0.25) is 0 Å². The third kappa shape index (κ3) is 2.57. The third-order valence-electron chi connectivity index (χ3n) is 3.30. The molecule has 100 valence electrons. The molecule has 0 bridgehead atoms. The van der Waals surface area contributed by atoms with Gasteiger partial charge in [0.25, 0.3) is 0 Å². The maximum absolute atomic E-state index is 11.6. The van der Waals surface area contributed by atoms with E-state index in [1.165, 1.54) is 6.26 Å². The zero-order valence-electron chi connectivity index (χ0n) is 10.8. The van der Waals surface area contributed by atoms with Gasteiger partial charge in [-0.2, -0.15) is 0 Å². The number of β-amino-alcohol motifs (C(OH)–C–C–N with tert-alkyl or cyclic N) is 1. The number of hydrogen-bond acceptors (Lipinski definition) is 5. The quantitative estimate of drug-likeness (QED) is 0.804. The zero-order chi connectivity index (χ0) is 13.2. The second-order valence-corrected chi connectivity index (χ2v) is 4.70. The van der Waals surface area contributed by atoms with Crippen LogP contribution < -0.4 is 0 Å². The van der Waals surface area contributed by atoms with E-state index in [0.29, 0.717) is 37.6 Å². The highest BCUT2D eigenvalue weighted by Gasteiger charge is 2.39. The maximum atomic E-state index is 11.6. The van der Waals surface area contributed by atoms with E-state index >= 15 is 0 Å². The molecule has 0 aliphatic carbocycles. The van der Waals surface area contributed by atoms with E-state index in [0.717, 1.165) is 6.42 Å². The molecule has 0 unspecified atom stereocenters. The zero-order valence-corrected chi connectivity index (χ0v) is 10.8. The Morgan fingerprint density at radius 1 is 1.56 bits per heavy atom. The molecule has 1 saturated heterocycles. The second kappa shape index (κ2) is 5.12. The predicted octanol–water partition coefficient (Wildman–Crippen LogP) is 1.41. The summed E-state index contributed by atoms with van der Waals surface area (Å²) in [6.07, 6.45) is 2.24. The van der Waals surface area contributed by atoms with Gasteiger partial charge < -0.3 is 14.3 Å². The van der Waals surface area contributed by atoms with E-state index in [1.807, 2.05) is 11.8 Å². The highest BCUT2D eigenvalue weighted by atomic mass is 16.5. The topological polar surface area (TPSA) is 62.9 Å². The van der Waals surface area contributed by atoms with Crippen LogP contribution in [0.15, 0.2) is 16.7 Å². The molecule has 2 rings (SSSR count). The summed E-state index contributed by atoms with van der Waals surface area (Å²) < 4.78 is 10.3. The molecule has 1 aromatic heterocycles. The Labute approximate surface area is 106 Å². The molecule has 1 aromatic rings. The summed E-state index contributed by atoms with van der Waals surface area (Å²) in [7, 11) is 0. The summed E-state index contributed by atoms with van der Waals surface area (Å²) >= 11 is 0. The van der Waals surface area contributed by atoms with Crippen LogP contribution in [-0.2, 0) is 11.3 Å². The fourth-order valence-corrected chi connectivity index (χ4v) is 2.18. The summed E-state index contributed by atoms with van der Waals surface area (Å²) in [5.41, 5.74) is -0.0970. The summed E-state index contributed by atoms with van der Waals surface area (Å²) in [5, 5.41) is 9.92. The molecule has 0 radical (unpaired) electrons. The van der Waals surface area contributed by atoms with Gasteiger partial charge in [0.1, 0.15) is 11.3 Å². The van der Waals surface area contributed by atoms with Gasteiger partial charge >= 0.3 is 5.97 Å². The molecule has 18 heavy (non-hydrogen) atoms. The number of nitrogens with zero attached hydrogens (tertiary/aromatic N) is 1. The van der Waals surface area contributed by atoms with Crippen molar-refractivity contribution in [2.45, 2.75) is 32.4 Å². The number of furan rings is 1. The van der Waals surface area contributed by atoms with Crippen molar-refractivity contribution in [3.63, 3.8) is 0 Å². The number of ether oxygens (including phenoxy) is 1. The van der Waals surface area contributed by atoms with Crippen LogP contribution in [-0.4, -0.2) is 41.3 Å². The molecule has 0 atom stereocenters. The molecule has 0 saturated carbocycles. The second-order valence-electron chi connectivity index (χ2n) is 4.70. The van der Waals surface area contributed by atoms with Crippen LogP contribution in [0.3, 0.4) is 0 Å². The molecule has 1 aliphatic rings. The average molecular weight is 253 g/mol. The van der Waals surface area contributed by atoms with Crippen molar-refractivity contribution in [1.29, 1.82) is 0 Å². The Morgan fingerprint density at radius 2 is 2.28 bits per heavy atom. The van der Waals surface area contributed by atoms with Crippen molar-refractivity contribution in [3.8, 4) is 0 Å². The Bertz CT molecular complexity index is 420. The van der Waals surface area contributed by atoms with Crippen molar-refractivity contribution in [2.24, 2.45) is 0 Å². The van der Waals surface area contributed by atoms with Crippen LogP contribution >= 0.6 is 0 Å². The van der Waals surface area contributed by atoms with Gasteiger partial charge in [-0.1, -0.05) is 6.92 Å². The Morgan fingerprint density at radius 3 is 2.89 bits per heavy atom. The van der Waals surface area contributed by atoms with Gasteiger partial charge in [0.2, 0.25) is 0 Å². The molecule has 1 fully saturated rings. The van der Waals surface area contributed by atoms with E-state index in [4.69, 9.17) is 9.15 Å². The predicted molar refractivity (Wildman–Crippen MR) is 65.2 cm³/mol. The lowest BCUT2D eigenvalue weighted by atomic mass is 9.91. The minimum atomic E-state index is -0.573. The normalized spacial score (nSPS) is 18.4. The van der Waals surface area contributed by atoms with E-state index in [9.17, 15) is 9.90 Å². The smallest absolute Gasteiger partial charge is 0.341 e. The van der Waals surface area contributed by atoms with Gasteiger partial charge in [-0.05, 0) is 19.4 Å². The first-order valence-electron chi connectivity index (χ1n) is 6.26. The fraction of sp³-hybridized carbons (Fsp3) is 0.615. The lowest BCUT2D eigenvalue weighted by Crippen LogP contribution is -2.60. The lowest BCUT2D eigenvalue weighted by molar-refractivity contribution is -0.105. The number of likely N-dealkylation sites (tertiary alicyclic amines) is 1. The molecule has 0 amide bonds. The first kappa shape index (κ1) is 13.1. The molecule has 1 aliphatic heterocycles. The summed E-state index contributed by atoms with van der Waals surface area (Å²) in [6, 6.07) is 1.62. The molecular weight excluding hydrogens is 234 g/mol. The Hall–Kier alpha value is -1.33. The van der Waals surface area contributed by atoms with E-state index in [-0.39, 0.29) is 5.97 Å². The monoisotopic (exact) mass is 253 g/mol. The molecule has 0 spiro atoms. The van der Waals surface area contributed by atoms with Gasteiger partial charge in [-0.25, -0.2) is 4.79 Å². The van der Waals surface area contributed by atoms with Gasteiger partial charge in [-0.15, -0.1) is 0 Å². The van der Waals surface area contributed by atoms with Gasteiger partial charge in [0.15, 0.2) is 0 Å². The molecule has 5 heteroatoms. The van der Waals surface area contributed by atoms with Crippen molar-refractivity contribution in [1.82, 2.24) is 4.90 Å². The maximum Gasteiger partial charge on any atom is 0.341 e. The van der Waals surface area contributed by atoms with E-state index in [1.54, 1.807) is 13.0 Å². The third-order valence-corrected chi connectivity index (χ3v) is 3.30. The van der Waals surface area contributed by atoms with Gasteiger partial charge in [-0.3, -0.25) is 4.90 Å². The Balaban J connectivity index is 1.95. The minimum absolute atomic E-state index is 0.350. The molecular formula is C13H19NO4. The first-order valence-corrected chi connectivity index (χ1v) is 6.26. The molecule has 5 nitrogen and oxygen atoms in total. The first-order chi connectivity index (χ1) is 8.58. The molecule has 2 heterocycles. The lowest BCUT2D eigenvalue weighted by Gasteiger charge is -2.45. The van der Waals surface area contributed by atoms with Crippen molar-refractivity contribution in [2.75, 3.05) is 19.7 Å². The van der Waals surface area contributed by atoms with Crippen molar-refractivity contribution >= 4 is 5.97 Å². The van der Waals surface area contributed by atoms with Crippen LogP contribution in [0, 0.1) is 0 Å². The number of rotatable bonds is 5. The van der Waals surface area contributed by atoms with Crippen molar-refractivity contribution < 1.29 is 19.1 Å². The van der Waals surface area contributed by atoms with Crippen LogP contribution in [0.4, 0.5) is 0 Å². The summed E-state index contributed by atoms with van der Waals surface area (Å²) in [6.45, 7) is 5.86.